The molecule has 0 aliphatic carbocycles. The molecule has 1 aromatic rings. The van der Waals surface area contributed by atoms with Gasteiger partial charge in [0.1, 0.15) is 6.07 Å². The molecule has 1 rings (SSSR count). The maximum Gasteiger partial charge on any atom is 0.338 e. The molecule has 5 nitrogen and oxygen atoms in total. The number of hydrogen-bond donors (Lipinski definition) is 2. The molecule has 5 heteroatoms. The minimum atomic E-state index is -0.649. The lowest BCUT2D eigenvalue weighted by Gasteiger charge is -2.04. The summed E-state index contributed by atoms with van der Waals surface area (Å²) in [5.41, 5.74) is -0.137. The van der Waals surface area contributed by atoms with E-state index in [0.717, 1.165) is 12.1 Å². The van der Waals surface area contributed by atoms with Crippen LogP contribution in [-0.4, -0.2) is 22.8 Å². The van der Waals surface area contributed by atoms with E-state index in [1.807, 2.05) is 0 Å². The Hall–Kier alpha value is -2.22. The van der Waals surface area contributed by atoms with Gasteiger partial charge in [-0.1, -0.05) is 0 Å². The van der Waals surface area contributed by atoms with Gasteiger partial charge in [0.05, 0.1) is 17.7 Å². The number of carbonyl (C=O) groups excluding carboxylic acids is 1. The average molecular weight is 207 g/mol. The lowest BCUT2D eigenvalue weighted by Crippen LogP contribution is -2.04. The van der Waals surface area contributed by atoms with Gasteiger partial charge < -0.3 is 14.9 Å². The minimum absolute atomic E-state index is 0.0312. The lowest BCUT2D eigenvalue weighted by molar-refractivity contribution is 0.0526. The number of phenols is 2. The first kappa shape index (κ1) is 10.9. The molecule has 0 radical (unpaired) electrons. The van der Waals surface area contributed by atoms with E-state index in [1.54, 1.807) is 13.0 Å². The van der Waals surface area contributed by atoms with Crippen molar-refractivity contribution in [3.05, 3.63) is 23.3 Å². The van der Waals surface area contributed by atoms with Crippen molar-refractivity contribution in [3.63, 3.8) is 0 Å². The number of carbonyl (C=O) groups is 1. The zero-order chi connectivity index (χ0) is 11.4. The second-order valence-corrected chi connectivity index (χ2v) is 2.72. The third-order valence-corrected chi connectivity index (χ3v) is 1.72. The molecule has 0 amide bonds. The summed E-state index contributed by atoms with van der Waals surface area (Å²) < 4.78 is 4.68. The van der Waals surface area contributed by atoms with Gasteiger partial charge in [-0.05, 0) is 19.1 Å². The van der Waals surface area contributed by atoms with Crippen LogP contribution in [0.25, 0.3) is 0 Å². The number of hydrogen-bond acceptors (Lipinski definition) is 5. The van der Waals surface area contributed by atoms with Crippen LogP contribution in [0.4, 0.5) is 0 Å². The van der Waals surface area contributed by atoms with Gasteiger partial charge in [0, 0.05) is 0 Å². The van der Waals surface area contributed by atoms with Crippen LogP contribution in [0, 0.1) is 11.3 Å². The summed E-state index contributed by atoms with van der Waals surface area (Å²) >= 11 is 0. The second kappa shape index (κ2) is 4.33. The second-order valence-electron chi connectivity index (χ2n) is 2.72. The predicted molar refractivity (Wildman–Crippen MR) is 50.4 cm³/mol. The van der Waals surface area contributed by atoms with Gasteiger partial charge in [0.15, 0.2) is 11.5 Å². The smallest absolute Gasteiger partial charge is 0.338 e. The van der Waals surface area contributed by atoms with Crippen LogP contribution in [-0.2, 0) is 4.74 Å². The number of nitriles is 1. The molecule has 78 valence electrons. The van der Waals surface area contributed by atoms with Crippen molar-refractivity contribution in [2.24, 2.45) is 0 Å². The standard InChI is InChI=1S/C10H9NO4/c1-2-15-10(14)6-3-7(5-11)9(13)8(12)4-6/h3-4,12-13H,2H2,1H3. The van der Waals surface area contributed by atoms with E-state index < -0.39 is 17.5 Å². The summed E-state index contributed by atoms with van der Waals surface area (Å²) in [4.78, 5) is 11.3. The maximum absolute atomic E-state index is 11.3. The van der Waals surface area contributed by atoms with Crippen LogP contribution in [0.15, 0.2) is 12.1 Å². The van der Waals surface area contributed by atoms with Crippen LogP contribution in [0.3, 0.4) is 0 Å². The molecule has 0 heterocycles. The zero-order valence-electron chi connectivity index (χ0n) is 8.02. The molecule has 0 saturated carbocycles. The first-order valence-electron chi connectivity index (χ1n) is 4.23. The fourth-order valence-electron chi connectivity index (χ4n) is 1.04. The SMILES string of the molecule is CCOC(=O)c1cc(O)c(O)c(C#N)c1. The number of aromatic hydroxyl groups is 2. The van der Waals surface area contributed by atoms with Gasteiger partial charge in [-0.3, -0.25) is 0 Å². The van der Waals surface area contributed by atoms with Crippen molar-refractivity contribution in [2.75, 3.05) is 6.61 Å². The summed E-state index contributed by atoms with van der Waals surface area (Å²) in [6.45, 7) is 1.84. The van der Waals surface area contributed by atoms with E-state index in [9.17, 15) is 15.0 Å². The zero-order valence-corrected chi connectivity index (χ0v) is 8.02. The van der Waals surface area contributed by atoms with Crippen molar-refractivity contribution in [2.45, 2.75) is 6.92 Å². The van der Waals surface area contributed by atoms with Crippen LogP contribution >= 0.6 is 0 Å². The van der Waals surface area contributed by atoms with Crippen molar-refractivity contribution < 1.29 is 19.7 Å². The summed E-state index contributed by atoms with van der Waals surface area (Å²) in [5, 5.41) is 27.0. The molecule has 2 N–H and O–H groups in total. The number of benzene rings is 1. The Bertz CT molecular complexity index is 434. The summed E-state index contributed by atoms with van der Waals surface area (Å²) in [5.74, 6) is -1.70. The number of rotatable bonds is 2. The van der Waals surface area contributed by atoms with E-state index in [1.165, 1.54) is 0 Å². The largest absolute Gasteiger partial charge is 0.504 e. The number of nitrogens with zero attached hydrogens (tertiary/aromatic N) is 1. The molecule has 1 aromatic carbocycles. The molecule has 0 bridgehead atoms. The van der Waals surface area contributed by atoms with E-state index >= 15 is 0 Å². The number of esters is 1. The molecular formula is C10H9NO4. The topological polar surface area (TPSA) is 90.6 Å². The van der Waals surface area contributed by atoms with Crippen LogP contribution in [0.1, 0.15) is 22.8 Å². The quantitative estimate of drug-likeness (QED) is 0.560. The van der Waals surface area contributed by atoms with Crippen LogP contribution in [0.5, 0.6) is 11.5 Å². The van der Waals surface area contributed by atoms with Gasteiger partial charge in [-0.15, -0.1) is 0 Å². The van der Waals surface area contributed by atoms with E-state index in [4.69, 9.17) is 5.26 Å². The van der Waals surface area contributed by atoms with Crippen LogP contribution in [0.2, 0.25) is 0 Å². The highest BCUT2D eigenvalue weighted by Crippen LogP contribution is 2.29. The molecule has 0 fully saturated rings. The van der Waals surface area contributed by atoms with Gasteiger partial charge in [-0.25, -0.2) is 4.79 Å². The number of ether oxygens (including phenoxy) is 1. The Labute approximate surface area is 86.1 Å². The Morgan fingerprint density at radius 1 is 1.53 bits per heavy atom. The first-order valence-corrected chi connectivity index (χ1v) is 4.23. The lowest BCUT2D eigenvalue weighted by atomic mass is 10.1. The first-order chi connectivity index (χ1) is 7.10. The summed E-state index contributed by atoms with van der Waals surface area (Å²) in [6, 6.07) is 3.87. The number of phenolic OH excluding ortho intramolecular Hbond substituents is 2. The molecule has 0 aromatic heterocycles. The highest BCUT2D eigenvalue weighted by molar-refractivity contribution is 5.91. The Morgan fingerprint density at radius 2 is 2.20 bits per heavy atom. The van der Waals surface area contributed by atoms with E-state index in [-0.39, 0.29) is 17.7 Å². The van der Waals surface area contributed by atoms with Crippen molar-refractivity contribution in [3.8, 4) is 17.6 Å². The summed E-state index contributed by atoms with van der Waals surface area (Å²) in [7, 11) is 0. The normalized spacial score (nSPS) is 9.33. The molecule has 0 saturated heterocycles. The van der Waals surface area contributed by atoms with Crippen molar-refractivity contribution in [1.82, 2.24) is 0 Å². The average Bonchev–Trinajstić information content (AvgIpc) is 2.22. The van der Waals surface area contributed by atoms with Gasteiger partial charge in [-0.2, -0.15) is 5.26 Å². The Kier molecular flexibility index (Phi) is 3.13. The molecule has 0 unspecified atom stereocenters. The monoisotopic (exact) mass is 207 g/mol. The van der Waals surface area contributed by atoms with Crippen molar-refractivity contribution in [1.29, 1.82) is 5.26 Å². The predicted octanol–water partition coefficient (Wildman–Crippen LogP) is 1.15. The molecule has 0 aliphatic rings. The molecule has 0 aliphatic heterocycles. The van der Waals surface area contributed by atoms with E-state index in [2.05, 4.69) is 4.74 Å². The maximum atomic E-state index is 11.3. The molecule has 0 atom stereocenters. The molecule has 0 spiro atoms. The Morgan fingerprint density at radius 3 is 2.73 bits per heavy atom. The minimum Gasteiger partial charge on any atom is -0.504 e. The van der Waals surface area contributed by atoms with Gasteiger partial charge >= 0.3 is 5.97 Å². The van der Waals surface area contributed by atoms with E-state index in [0.29, 0.717) is 0 Å². The summed E-state index contributed by atoms with van der Waals surface area (Å²) in [6.07, 6.45) is 0. The molecule has 15 heavy (non-hydrogen) atoms. The van der Waals surface area contributed by atoms with Gasteiger partial charge in [0.25, 0.3) is 0 Å². The fourth-order valence-corrected chi connectivity index (χ4v) is 1.04. The highest BCUT2D eigenvalue weighted by atomic mass is 16.5. The molecular weight excluding hydrogens is 198 g/mol. The highest BCUT2D eigenvalue weighted by Gasteiger charge is 2.14. The van der Waals surface area contributed by atoms with Crippen LogP contribution < -0.4 is 0 Å². The fraction of sp³-hybridized carbons (Fsp3) is 0.200. The Balaban J connectivity index is 3.18. The third-order valence-electron chi connectivity index (χ3n) is 1.72. The van der Waals surface area contributed by atoms with Crippen molar-refractivity contribution >= 4 is 5.97 Å². The van der Waals surface area contributed by atoms with Gasteiger partial charge in [0.2, 0.25) is 0 Å². The third kappa shape index (κ3) is 2.17.